The van der Waals surface area contributed by atoms with Gasteiger partial charge in [-0.05, 0) is 56.9 Å². The second-order valence-corrected chi connectivity index (χ2v) is 7.66. The van der Waals surface area contributed by atoms with Crippen molar-refractivity contribution >= 4 is 17.5 Å². The molecule has 148 valence electrons. The van der Waals surface area contributed by atoms with Crippen molar-refractivity contribution in [2.24, 2.45) is 0 Å². The van der Waals surface area contributed by atoms with E-state index in [1.807, 2.05) is 69.3 Å². The van der Waals surface area contributed by atoms with Crippen molar-refractivity contribution in [2.75, 3.05) is 18.0 Å². The molecule has 2 aromatic carbocycles. The highest BCUT2D eigenvalue weighted by atomic mass is 16.2. The molecule has 0 bridgehead atoms. The molecule has 0 saturated carbocycles. The second kappa shape index (κ2) is 8.91. The van der Waals surface area contributed by atoms with Gasteiger partial charge in [0.05, 0.1) is 12.6 Å². The third-order valence-corrected chi connectivity index (χ3v) is 5.02. The Hall–Kier alpha value is -2.82. The van der Waals surface area contributed by atoms with Crippen LogP contribution in [-0.4, -0.2) is 30.9 Å². The van der Waals surface area contributed by atoms with E-state index in [-0.39, 0.29) is 23.9 Å². The van der Waals surface area contributed by atoms with Crippen molar-refractivity contribution in [3.8, 4) is 0 Å². The van der Waals surface area contributed by atoms with Gasteiger partial charge in [-0.2, -0.15) is 0 Å². The maximum atomic E-state index is 12.6. The molecule has 2 aromatic rings. The lowest BCUT2D eigenvalue weighted by Gasteiger charge is -2.32. The number of fused-ring (bicyclic) bond motifs is 1. The Morgan fingerprint density at radius 1 is 1.00 bits per heavy atom. The second-order valence-electron chi connectivity index (χ2n) is 7.66. The minimum Gasteiger partial charge on any atom is -0.362 e. The van der Waals surface area contributed by atoms with Crippen LogP contribution in [0.15, 0.2) is 48.5 Å². The van der Waals surface area contributed by atoms with Crippen LogP contribution in [0, 0.1) is 0 Å². The molecule has 0 aliphatic carbocycles. The van der Waals surface area contributed by atoms with Crippen LogP contribution < -0.4 is 15.5 Å². The van der Waals surface area contributed by atoms with Crippen LogP contribution >= 0.6 is 0 Å². The zero-order chi connectivity index (χ0) is 20.1. The van der Waals surface area contributed by atoms with Crippen LogP contribution in [0.2, 0.25) is 0 Å². The molecule has 1 atom stereocenters. The first kappa shape index (κ1) is 19.9. The Balaban J connectivity index is 1.72. The lowest BCUT2D eigenvalue weighted by Crippen LogP contribution is -2.41. The standard InChI is InChI=1S/C23H29N3O2/c1-16(2)24-23(28)20-11-7-13-21-19(20)12-8-14-26(21)15-22(27)25-17(3)18-9-5-4-6-10-18/h4-7,9-11,13,16-17H,8,12,14-15H2,1-3H3,(H,24,28)(H,25,27). The molecule has 3 rings (SSSR count). The van der Waals surface area contributed by atoms with Crippen molar-refractivity contribution in [1.29, 1.82) is 0 Å². The van der Waals surface area contributed by atoms with Crippen molar-refractivity contribution < 1.29 is 9.59 Å². The number of benzene rings is 2. The van der Waals surface area contributed by atoms with E-state index in [9.17, 15) is 9.59 Å². The molecule has 1 heterocycles. The summed E-state index contributed by atoms with van der Waals surface area (Å²) in [7, 11) is 0. The maximum Gasteiger partial charge on any atom is 0.251 e. The van der Waals surface area contributed by atoms with Crippen LogP contribution in [0.3, 0.4) is 0 Å². The van der Waals surface area contributed by atoms with Crippen LogP contribution in [0.1, 0.15) is 54.7 Å². The zero-order valence-corrected chi connectivity index (χ0v) is 16.9. The number of carbonyl (C=O) groups excluding carboxylic acids is 2. The summed E-state index contributed by atoms with van der Waals surface area (Å²) in [4.78, 5) is 27.3. The van der Waals surface area contributed by atoms with Gasteiger partial charge in [0.2, 0.25) is 5.91 Å². The van der Waals surface area contributed by atoms with Crippen molar-refractivity contribution in [1.82, 2.24) is 10.6 Å². The summed E-state index contributed by atoms with van der Waals surface area (Å²) in [5.41, 5.74) is 3.83. The summed E-state index contributed by atoms with van der Waals surface area (Å²) in [6.07, 6.45) is 1.79. The predicted octanol–water partition coefficient (Wildman–Crippen LogP) is 3.45. The fraction of sp³-hybridized carbons (Fsp3) is 0.391. The lowest BCUT2D eigenvalue weighted by atomic mass is 9.95. The molecule has 1 aliphatic heterocycles. The molecule has 5 nitrogen and oxygen atoms in total. The van der Waals surface area contributed by atoms with E-state index in [4.69, 9.17) is 0 Å². The molecule has 5 heteroatoms. The van der Waals surface area contributed by atoms with Crippen LogP contribution in [0.5, 0.6) is 0 Å². The first-order valence-corrected chi connectivity index (χ1v) is 9.97. The van der Waals surface area contributed by atoms with Crippen molar-refractivity contribution in [2.45, 2.75) is 45.7 Å². The molecular formula is C23H29N3O2. The molecule has 1 aliphatic rings. The van der Waals surface area contributed by atoms with Crippen LogP contribution in [-0.2, 0) is 11.2 Å². The Labute approximate surface area is 167 Å². The molecule has 1 unspecified atom stereocenters. The molecule has 2 amide bonds. The van der Waals surface area contributed by atoms with Gasteiger partial charge in [0.1, 0.15) is 0 Å². The Morgan fingerprint density at radius 3 is 2.46 bits per heavy atom. The fourth-order valence-corrected chi connectivity index (χ4v) is 3.70. The number of carbonyl (C=O) groups is 2. The average Bonchev–Trinajstić information content (AvgIpc) is 2.68. The molecule has 2 N–H and O–H groups in total. The maximum absolute atomic E-state index is 12.6. The van der Waals surface area contributed by atoms with E-state index < -0.39 is 0 Å². The number of nitrogens with zero attached hydrogens (tertiary/aromatic N) is 1. The third-order valence-electron chi connectivity index (χ3n) is 5.02. The molecule has 0 spiro atoms. The largest absolute Gasteiger partial charge is 0.362 e. The molecule has 0 radical (unpaired) electrons. The monoisotopic (exact) mass is 379 g/mol. The summed E-state index contributed by atoms with van der Waals surface area (Å²) in [6, 6.07) is 15.8. The van der Waals surface area contributed by atoms with Crippen LogP contribution in [0.25, 0.3) is 0 Å². The van der Waals surface area contributed by atoms with Gasteiger partial charge in [0.25, 0.3) is 5.91 Å². The number of amides is 2. The first-order valence-electron chi connectivity index (χ1n) is 9.97. The predicted molar refractivity (Wildman–Crippen MR) is 113 cm³/mol. The lowest BCUT2D eigenvalue weighted by molar-refractivity contribution is -0.120. The van der Waals surface area contributed by atoms with Gasteiger partial charge in [0, 0.05) is 23.8 Å². The smallest absolute Gasteiger partial charge is 0.251 e. The molecule has 0 aromatic heterocycles. The van der Waals surface area contributed by atoms with Gasteiger partial charge in [-0.1, -0.05) is 36.4 Å². The van der Waals surface area contributed by atoms with E-state index in [2.05, 4.69) is 15.5 Å². The summed E-state index contributed by atoms with van der Waals surface area (Å²) < 4.78 is 0. The van der Waals surface area contributed by atoms with E-state index in [0.29, 0.717) is 12.1 Å². The Kier molecular flexibility index (Phi) is 6.34. The highest BCUT2D eigenvalue weighted by molar-refractivity contribution is 5.97. The van der Waals surface area contributed by atoms with E-state index in [1.54, 1.807) is 0 Å². The molecule has 0 saturated heterocycles. The van der Waals surface area contributed by atoms with Gasteiger partial charge in [0.15, 0.2) is 0 Å². The van der Waals surface area contributed by atoms with Crippen molar-refractivity contribution in [3.05, 3.63) is 65.2 Å². The first-order chi connectivity index (χ1) is 13.5. The number of hydrogen-bond acceptors (Lipinski definition) is 3. The third kappa shape index (κ3) is 4.71. The minimum atomic E-state index is -0.0455. The van der Waals surface area contributed by atoms with Gasteiger partial charge >= 0.3 is 0 Å². The SMILES string of the molecule is CC(C)NC(=O)c1cccc2c1CCCN2CC(=O)NC(C)c1ccccc1. The average molecular weight is 380 g/mol. The minimum absolute atomic E-state index is 0.0127. The highest BCUT2D eigenvalue weighted by Crippen LogP contribution is 2.30. The Morgan fingerprint density at radius 2 is 1.75 bits per heavy atom. The highest BCUT2D eigenvalue weighted by Gasteiger charge is 2.24. The van der Waals surface area contributed by atoms with Crippen LogP contribution in [0.4, 0.5) is 5.69 Å². The van der Waals surface area contributed by atoms with Crippen molar-refractivity contribution in [3.63, 3.8) is 0 Å². The summed E-state index contributed by atoms with van der Waals surface area (Å²) >= 11 is 0. The van der Waals surface area contributed by atoms with Gasteiger partial charge in [-0.15, -0.1) is 0 Å². The number of anilines is 1. The molecule has 0 fully saturated rings. The van der Waals surface area contributed by atoms with E-state index >= 15 is 0 Å². The summed E-state index contributed by atoms with van der Waals surface area (Å²) in [5.74, 6) is -0.0583. The van der Waals surface area contributed by atoms with E-state index in [1.165, 1.54) is 0 Å². The molecule has 28 heavy (non-hydrogen) atoms. The zero-order valence-electron chi connectivity index (χ0n) is 16.9. The van der Waals surface area contributed by atoms with Gasteiger partial charge in [-0.3, -0.25) is 9.59 Å². The topological polar surface area (TPSA) is 61.4 Å². The summed E-state index contributed by atoms with van der Waals surface area (Å²) in [5, 5.41) is 6.05. The number of rotatable bonds is 6. The summed E-state index contributed by atoms with van der Waals surface area (Å²) in [6.45, 7) is 7.01. The van der Waals surface area contributed by atoms with E-state index in [0.717, 1.165) is 36.2 Å². The quantitative estimate of drug-likeness (QED) is 0.808. The van der Waals surface area contributed by atoms with Gasteiger partial charge < -0.3 is 15.5 Å². The van der Waals surface area contributed by atoms with Gasteiger partial charge in [-0.25, -0.2) is 0 Å². The molecular weight excluding hydrogens is 350 g/mol. The fourth-order valence-electron chi connectivity index (χ4n) is 3.70. The normalized spacial score (nSPS) is 14.4. The Bertz CT molecular complexity index is 833. The number of hydrogen-bond donors (Lipinski definition) is 2. The number of nitrogens with one attached hydrogen (secondary N) is 2.